The van der Waals surface area contributed by atoms with E-state index in [0.717, 1.165) is 5.56 Å². The Morgan fingerprint density at radius 1 is 1.03 bits per heavy atom. The molecule has 0 spiro atoms. The van der Waals surface area contributed by atoms with Gasteiger partial charge in [-0.05, 0) is 105 Å². The molecule has 0 aromatic heterocycles. The van der Waals surface area contributed by atoms with Gasteiger partial charge in [0, 0.05) is 11.4 Å². The van der Waals surface area contributed by atoms with Gasteiger partial charge in [-0.15, -0.1) is 0 Å². The quantitative estimate of drug-likeness (QED) is 0.254. The van der Waals surface area contributed by atoms with Crippen LogP contribution in [0.25, 0.3) is 6.08 Å². The highest BCUT2D eigenvalue weighted by molar-refractivity contribution is 9.11. The largest absolute Gasteiger partial charge is 0.481 e. The molecule has 0 fully saturated rings. The molecule has 9 heteroatoms. The smallest absolute Gasteiger partial charge is 0.266 e. The van der Waals surface area contributed by atoms with Gasteiger partial charge in [0.2, 0.25) is 0 Å². The fourth-order valence-electron chi connectivity index (χ4n) is 2.91. The number of hydrogen-bond acceptors (Lipinski definition) is 4. The van der Waals surface area contributed by atoms with E-state index in [-0.39, 0.29) is 18.1 Å². The maximum atomic E-state index is 13.0. The summed E-state index contributed by atoms with van der Waals surface area (Å²) in [6.07, 6.45) is 1.41. The molecule has 0 aliphatic heterocycles. The van der Waals surface area contributed by atoms with Crippen LogP contribution < -0.4 is 15.4 Å². The van der Waals surface area contributed by atoms with Crippen molar-refractivity contribution in [3.05, 3.63) is 92.1 Å². The molecule has 0 radical (unpaired) electrons. The zero-order chi connectivity index (χ0) is 24.7. The summed E-state index contributed by atoms with van der Waals surface area (Å²) in [6.45, 7) is 1.71. The van der Waals surface area contributed by atoms with Crippen molar-refractivity contribution < 1.29 is 18.7 Å². The average Bonchev–Trinajstić information content (AvgIpc) is 2.78. The molecule has 0 atom stereocenters. The summed E-state index contributed by atoms with van der Waals surface area (Å²) in [7, 11) is 0. The highest BCUT2D eigenvalue weighted by atomic mass is 79.9. The van der Waals surface area contributed by atoms with E-state index in [9.17, 15) is 19.2 Å². The van der Waals surface area contributed by atoms with E-state index >= 15 is 0 Å². The molecule has 0 saturated heterocycles. The number of anilines is 2. The molecule has 0 heterocycles. The number of halogens is 3. The van der Waals surface area contributed by atoms with E-state index in [1.165, 1.54) is 30.3 Å². The molecule has 0 aliphatic carbocycles. The van der Waals surface area contributed by atoms with Crippen LogP contribution in [0.3, 0.4) is 0 Å². The van der Waals surface area contributed by atoms with E-state index in [0.29, 0.717) is 31.6 Å². The maximum absolute atomic E-state index is 13.0. The number of carbonyl (C=O) groups excluding carboxylic acids is 2. The minimum atomic E-state index is -0.630. The Morgan fingerprint density at radius 3 is 2.32 bits per heavy atom. The number of hydrogen-bond donors (Lipinski definition) is 2. The van der Waals surface area contributed by atoms with Crippen LogP contribution in [0.5, 0.6) is 5.75 Å². The molecule has 2 N–H and O–H groups in total. The lowest BCUT2D eigenvalue weighted by atomic mass is 10.1. The number of carbonyl (C=O) groups is 2. The summed E-state index contributed by atoms with van der Waals surface area (Å²) in [5.41, 5.74) is 2.46. The summed E-state index contributed by atoms with van der Waals surface area (Å²) in [4.78, 5) is 24.7. The lowest BCUT2D eigenvalue weighted by molar-refractivity contribution is -0.118. The Kier molecular flexibility index (Phi) is 8.57. The van der Waals surface area contributed by atoms with Gasteiger partial charge in [-0.2, -0.15) is 5.26 Å². The van der Waals surface area contributed by atoms with Gasteiger partial charge in [-0.1, -0.05) is 12.1 Å². The first kappa shape index (κ1) is 25.1. The Balaban J connectivity index is 1.69. The standard InChI is InChI=1S/C25H18Br2FN3O3/c1-15-3-2-4-20(9-15)30-23(32)14-34-24-21(26)11-16(12-22(24)27)10-17(13-29)25(33)31-19-7-5-18(28)6-8-19/h2-12H,14H2,1H3,(H,30,32)(H,31,33)/b17-10+. The second-order valence-corrected chi connectivity index (χ2v) is 8.86. The molecule has 172 valence electrons. The SMILES string of the molecule is Cc1cccc(NC(=O)COc2c(Br)cc(/C=C(\C#N)C(=O)Nc3ccc(F)cc3)cc2Br)c1. The van der Waals surface area contributed by atoms with Crippen molar-refractivity contribution in [2.45, 2.75) is 6.92 Å². The van der Waals surface area contributed by atoms with E-state index in [4.69, 9.17) is 4.74 Å². The number of rotatable bonds is 7. The Labute approximate surface area is 212 Å². The Morgan fingerprint density at radius 2 is 1.71 bits per heavy atom. The predicted molar refractivity (Wildman–Crippen MR) is 136 cm³/mol. The Bertz CT molecular complexity index is 1280. The van der Waals surface area contributed by atoms with Crippen LogP contribution in [0.15, 0.2) is 75.2 Å². The summed E-state index contributed by atoms with van der Waals surface area (Å²) in [5.74, 6) is -0.989. The van der Waals surface area contributed by atoms with Crippen molar-refractivity contribution in [1.82, 2.24) is 0 Å². The monoisotopic (exact) mass is 585 g/mol. The van der Waals surface area contributed by atoms with E-state index in [2.05, 4.69) is 42.5 Å². The summed E-state index contributed by atoms with van der Waals surface area (Å²) >= 11 is 6.80. The van der Waals surface area contributed by atoms with E-state index in [1.807, 2.05) is 31.2 Å². The van der Waals surface area contributed by atoms with Crippen molar-refractivity contribution in [2.24, 2.45) is 0 Å². The third-order valence-corrected chi connectivity index (χ3v) is 5.63. The zero-order valence-corrected chi connectivity index (χ0v) is 21.0. The maximum Gasteiger partial charge on any atom is 0.266 e. The van der Waals surface area contributed by atoms with Gasteiger partial charge < -0.3 is 15.4 Å². The van der Waals surface area contributed by atoms with Crippen LogP contribution >= 0.6 is 31.9 Å². The normalized spacial score (nSPS) is 10.9. The number of ether oxygens (including phenoxy) is 1. The van der Waals surface area contributed by atoms with Gasteiger partial charge in [-0.3, -0.25) is 9.59 Å². The zero-order valence-electron chi connectivity index (χ0n) is 17.9. The van der Waals surface area contributed by atoms with Gasteiger partial charge in [-0.25, -0.2) is 4.39 Å². The van der Waals surface area contributed by atoms with E-state index in [1.54, 1.807) is 18.2 Å². The first-order valence-electron chi connectivity index (χ1n) is 9.92. The minimum Gasteiger partial charge on any atom is -0.481 e. The number of nitriles is 1. The number of aryl methyl sites for hydroxylation is 1. The van der Waals surface area contributed by atoms with Gasteiger partial charge >= 0.3 is 0 Å². The van der Waals surface area contributed by atoms with Crippen LogP contribution in [-0.2, 0) is 9.59 Å². The lowest BCUT2D eigenvalue weighted by Crippen LogP contribution is -2.20. The molecule has 3 aromatic rings. The van der Waals surface area contributed by atoms with Crippen molar-refractivity contribution in [2.75, 3.05) is 17.2 Å². The fourth-order valence-corrected chi connectivity index (χ4v) is 4.36. The van der Waals surface area contributed by atoms with Gasteiger partial charge in [0.1, 0.15) is 23.2 Å². The van der Waals surface area contributed by atoms with Crippen molar-refractivity contribution >= 4 is 61.1 Å². The van der Waals surface area contributed by atoms with Gasteiger partial charge in [0.25, 0.3) is 11.8 Å². The molecule has 34 heavy (non-hydrogen) atoms. The first-order valence-corrected chi connectivity index (χ1v) is 11.5. The van der Waals surface area contributed by atoms with E-state index < -0.39 is 11.7 Å². The minimum absolute atomic E-state index is 0.144. The molecule has 3 aromatic carbocycles. The molecular formula is C25H18Br2FN3O3. The van der Waals surface area contributed by atoms with Crippen molar-refractivity contribution in [3.8, 4) is 11.8 Å². The second-order valence-electron chi connectivity index (χ2n) is 7.15. The highest BCUT2D eigenvalue weighted by Gasteiger charge is 2.14. The third kappa shape index (κ3) is 7.01. The number of nitrogens with one attached hydrogen (secondary N) is 2. The molecule has 0 unspecified atom stereocenters. The van der Waals surface area contributed by atoms with Crippen LogP contribution in [-0.4, -0.2) is 18.4 Å². The predicted octanol–water partition coefficient (Wildman–Crippen LogP) is 6.22. The molecule has 0 saturated carbocycles. The van der Waals surface area contributed by atoms with Crippen LogP contribution in [0.2, 0.25) is 0 Å². The van der Waals surface area contributed by atoms with Crippen molar-refractivity contribution in [3.63, 3.8) is 0 Å². The summed E-state index contributed by atoms with van der Waals surface area (Å²) < 4.78 is 19.7. The molecular weight excluding hydrogens is 569 g/mol. The van der Waals surface area contributed by atoms with Crippen LogP contribution in [0.4, 0.5) is 15.8 Å². The summed E-state index contributed by atoms with van der Waals surface area (Å²) in [6, 6.07) is 17.8. The molecule has 0 aliphatic rings. The molecule has 6 nitrogen and oxygen atoms in total. The molecule has 2 amide bonds. The van der Waals surface area contributed by atoms with Crippen LogP contribution in [0, 0.1) is 24.1 Å². The van der Waals surface area contributed by atoms with Crippen LogP contribution in [0.1, 0.15) is 11.1 Å². The van der Waals surface area contributed by atoms with Crippen molar-refractivity contribution in [1.29, 1.82) is 5.26 Å². The summed E-state index contributed by atoms with van der Waals surface area (Å²) in [5, 5.41) is 14.7. The fraction of sp³-hybridized carbons (Fsp3) is 0.0800. The molecule has 0 bridgehead atoms. The topological polar surface area (TPSA) is 91.2 Å². The first-order chi connectivity index (χ1) is 16.2. The molecule has 3 rings (SSSR count). The van der Waals surface area contributed by atoms with Gasteiger partial charge in [0.05, 0.1) is 8.95 Å². The lowest BCUT2D eigenvalue weighted by Gasteiger charge is -2.12. The highest BCUT2D eigenvalue weighted by Crippen LogP contribution is 2.35. The average molecular weight is 587 g/mol. The second kappa shape index (κ2) is 11.6. The number of amides is 2. The number of benzene rings is 3. The Hall–Kier alpha value is -3.48. The third-order valence-electron chi connectivity index (χ3n) is 4.45. The van der Waals surface area contributed by atoms with Gasteiger partial charge in [0.15, 0.2) is 6.61 Å². The number of nitrogens with zero attached hydrogens (tertiary/aromatic N) is 1.